The topological polar surface area (TPSA) is 80.7 Å². The van der Waals surface area contributed by atoms with Gasteiger partial charge in [-0.2, -0.15) is 0 Å². The van der Waals surface area contributed by atoms with E-state index in [4.69, 9.17) is 19.4 Å². The number of hydrogen-bond donors (Lipinski definition) is 0. The summed E-state index contributed by atoms with van der Waals surface area (Å²) in [6.45, 7) is 8.23. The number of pyridine rings is 1. The third-order valence-corrected chi connectivity index (χ3v) is 6.44. The van der Waals surface area contributed by atoms with Crippen molar-refractivity contribution in [1.29, 1.82) is 0 Å². The number of amides is 1. The Morgan fingerprint density at radius 1 is 1.25 bits per heavy atom. The summed E-state index contributed by atoms with van der Waals surface area (Å²) in [5, 5.41) is 0. The lowest BCUT2D eigenvalue weighted by atomic mass is 10.2. The van der Waals surface area contributed by atoms with Crippen LogP contribution < -0.4 is 9.64 Å². The van der Waals surface area contributed by atoms with Crippen LogP contribution in [0.1, 0.15) is 18.7 Å². The van der Waals surface area contributed by atoms with E-state index in [-0.39, 0.29) is 5.91 Å². The zero-order valence-electron chi connectivity index (χ0n) is 18.6. The van der Waals surface area contributed by atoms with Crippen molar-refractivity contribution >= 4 is 39.4 Å². The zero-order chi connectivity index (χ0) is 22.5. The quantitative estimate of drug-likeness (QED) is 0.507. The number of ether oxygens (including phenoxy) is 2. The Bertz CT molecular complexity index is 1100. The molecule has 0 atom stereocenters. The number of fused-ring (bicyclic) bond motifs is 1. The zero-order valence-corrected chi connectivity index (χ0v) is 19.4. The van der Waals surface area contributed by atoms with Crippen molar-refractivity contribution < 1.29 is 14.3 Å². The van der Waals surface area contributed by atoms with E-state index in [0.717, 1.165) is 39.6 Å². The maximum atomic E-state index is 12.4. The Labute approximate surface area is 191 Å². The van der Waals surface area contributed by atoms with Gasteiger partial charge in [-0.1, -0.05) is 0 Å². The summed E-state index contributed by atoms with van der Waals surface area (Å²) in [4.78, 5) is 31.4. The molecule has 3 aromatic heterocycles. The SMILES string of the molecule is CCN(CC)C(=O)/C=C/c1cc2nc(-c3ccc(OC)nc3)nc(N3CCOCC3)c2s1. The van der Waals surface area contributed by atoms with E-state index < -0.39 is 0 Å². The number of methoxy groups -OCH3 is 1. The summed E-state index contributed by atoms with van der Waals surface area (Å²) in [5.74, 6) is 2.06. The molecule has 3 aromatic rings. The molecule has 0 aliphatic carbocycles. The van der Waals surface area contributed by atoms with Gasteiger partial charge in [0.05, 0.1) is 30.5 Å². The number of rotatable bonds is 7. The van der Waals surface area contributed by atoms with Crippen LogP contribution in [0.4, 0.5) is 5.82 Å². The van der Waals surface area contributed by atoms with Crippen LogP contribution in [0.15, 0.2) is 30.5 Å². The van der Waals surface area contributed by atoms with Gasteiger partial charge < -0.3 is 19.3 Å². The number of hydrogen-bond acceptors (Lipinski definition) is 8. The number of thiophene rings is 1. The molecular formula is C23H27N5O3S. The molecule has 0 N–H and O–H groups in total. The fourth-order valence-electron chi connectivity index (χ4n) is 3.56. The average Bonchev–Trinajstić information content (AvgIpc) is 3.26. The normalized spacial score (nSPS) is 14.3. The standard InChI is InChI=1S/C23H27N5O3S/c1-4-27(5-2)20(29)9-7-17-14-18-21(32-17)23(28-10-12-31-13-11-28)26-22(25-18)16-6-8-19(30-3)24-15-16/h6-9,14-15H,4-5,10-13H2,1-3H3/b9-7+. The average molecular weight is 454 g/mol. The highest BCUT2D eigenvalue weighted by molar-refractivity contribution is 7.20. The van der Waals surface area contributed by atoms with Crippen LogP contribution in [0.5, 0.6) is 5.88 Å². The van der Waals surface area contributed by atoms with Gasteiger partial charge in [-0.15, -0.1) is 11.3 Å². The van der Waals surface area contributed by atoms with Crippen LogP contribution in [0.25, 0.3) is 27.7 Å². The summed E-state index contributed by atoms with van der Waals surface area (Å²) in [6.07, 6.45) is 5.22. The first kappa shape index (κ1) is 22.2. The monoisotopic (exact) mass is 453 g/mol. The minimum Gasteiger partial charge on any atom is -0.481 e. The van der Waals surface area contributed by atoms with Crippen LogP contribution in [-0.4, -0.2) is 72.3 Å². The second-order valence-electron chi connectivity index (χ2n) is 7.27. The molecule has 1 saturated heterocycles. The van der Waals surface area contributed by atoms with Crippen molar-refractivity contribution in [3.05, 3.63) is 35.3 Å². The van der Waals surface area contributed by atoms with E-state index >= 15 is 0 Å². The van der Waals surface area contributed by atoms with Crippen LogP contribution in [0, 0.1) is 0 Å². The van der Waals surface area contributed by atoms with Gasteiger partial charge in [0.1, 0.15) is 0 Å². The molecule has 1 aliphatic heterocycles. The smallest absolute Gasteiger partial charge is 0.246 e. The first-order chi connectivity index (χ1) is 15.6. The Hall–Kier alpha value is -3.04. The Kier molecular flexibility index (Phi) is 6.96. The van der Waals surface area contributed by atoms with Crippen LogP contribution in [0.3, 0.4) is 0 Å². The lowest BCUT2D eigenvalue weighted by Gasteiger charge is -2.28. The third-order valence-electron chi connectivity index (χ3n) is 5.35. The number of morpholine rings is 1. The summed E-state index contributed by atoms with van der Waals surface area (Å²) < 4.78 is 11.7. The Balaban J connectivity index is 1.74. The lowest BCUT2D eigenvalue weighted by Crippen LogP contribution is -2.36. The number of carbonyl (C=O) groups excluding carboxylic acids is 1. The molecule has 0 aromatic carbocycles. The molecule has 1 amide bonds. The highest BCUT2D eigenvalue weighted by Crippen LogP contribution is 2.35. The molecular weight excluding hydrogens is 426 g/mol. The molecule has 4 rings (SSSR count). The van der Waals surface area contributed by atoms with Crippen molar-refractivity contribution in [2.45, 2.75) is 13.8 Å². The van der Waals surface area contributed by atoms with E-state index in [1.165, 1.54) is 0 Å². The molecule has 168 valence electrons. The minimum atomic E-state index is 0.0111. The molecule has 8 nitrogen and oxygen atoms in total. The molecule has 0 radical (unpaired) electrons. The van der Waals surface area contributed by atoms with E-state index in [9.17, 15) is 4.79 Å². The summed E-state index contributed by atoms with van der Waals surface area (Å²) in [6, 6.07) is 5.72. The largest absolute Gasteiger partial charge is 0.481 e. The Morgan fingerprint density at radius 2 is 2.03 bits per heavy atom. The molecule has 1 fully saturated rings. The van der Waals surface area contributed by atoms with Crippen LogP contribution in [-0.2, 0) is 9.53 Å². The highest BCUT2D eigenvalue weighted by Gasteiger charge is 2.20. The summed E-state index contributed by atoms with van der Waals surface area (Å²) >= 11 is 1.60. The second-order valence-corrected chi connectivity index (χ2v) is 8.35. The fourth-order valence-corrected chi connectivity index (χ4v) is 4.58. The van der Waals surface area contributed by atoms with Crippen LogP contribution in [0.2, 0.25) is 0 Å². The maximum absolute atomic E-state index is 12.4. The van der Waals surface area contributed by atoms with Gasteiger partial charge in [0, 0.05) is 55.0 Å². The highest BCUT2D eigenvalue weighted by atomic mass is 32.1. The van der Waals surface area contributed by atoms with Crippen molar-refractivity contribution in [2.24, 2.45) is 0 Å². The molecule has 4 heterocycles. The number of anilines is 1. The molecule has 1 aliphatic rings. The predicted octanol–water partition coefficient (Wildman–Crippen LogP) is 3.48. The summed E-state index contributed by atoms with van der Waals surface area (Å²) in [5.41, 5.74) is 1.68. The first-order valence-electron chi connectivity index (χ1n) is 10.7. The Morgan fingerprint density at radius 3 is 2.69 bits per heavy atom. The molecule has 0 spiro atoms. The number of aromatic nitrogens is 3. The molecule has 9 heteroatoms. The first-order valence-corrected chi connectivity index (χ1v) is 11.6. The van der Waals surface area contributed by atoms with Crippen molar-refractivity contribution in [3.8, 4) is 17.3 Å². The third kappa shape index (κ3) is 4.73. The minimum absolute atomic E-state index is 0.0111. The van der Waals surface area contributed by atoms with E-state index in [1.54, 1.807) is 41.7 Å². The number of carbonyl (C=O) groups is 1. The van der Waals surface area contributed by atoms with E-state index in [2.05, 4.69) is 9.88 Å². The van der Waals surface area contributed by atoms with Gasteiger partial charge in [0.2, 0.25) is 11.8 Å². The van der Waals surface area contributed by atoms with E-state index in [1.807, 2.05) is 32.1 Å². The van der Waals surface area contributed by atoms with Gasteiger partial charge in [0.25, 0.3) is 0 Å². The van der Waals surface area contributed by atoms with Gasteiger partial charge in [0.15, 0.2) is 11.6 Å². The summed E-state index contributed by atoms with van der Waals surface area (Å²) in [7, 11) is 1.59. The van der Waals surface area contributed by atoms with Gasteiger partial charge >= 0.3 is 0 Å². The molecule has 0 bridgehead atoms. The molecule has 32 heavy (non-hydrogen) atoms. The number of likely N-dealkylation sites (N-methyl/N-ethyl adjacent to an activating group) is 1. The van der Waals surface area contributed by atoms with Crippen molar-refractivity contribution in [2.75, 3.05) is 51.4 Å². The lowest BCUT2D eigenvalue weighted by molar-refractivity contribution is -0.125. The van der Waals surface area contributed by atoms with Crippen molar-refractivity contribution in [1.82, 2.24) is 19.9 Å². The predicted molar refractivity (Wildman–Crippen MR) is 127 cm³/mol. The maximum Gasteiger partial charge on any atom is 0.246 e. The fraction of sp³-hybridized carbons (Fsp3) is 0.391. The molecule has 0 unspecified atom stereocenters. The van der Waals surface area contributed by atoms with Gasteiger partial charge in [-0.3, -0.25) is 4.79 Å². The number of nitrogens with zero attached hydrogens (tertiary/aromatic N) is 5. The van der Waals surface area contributed by atoms with E-state index in [0.29, 0.717) is 38.0 Å². The van der Waals surface area contributed by atoms with Crippen LogP contribution >= 0.6 is 11.3 Å². The van der Waals surface area contributed by atoms with Crippen molar-refractivity contribution in [3.63, 3.8) is 0 Å². The second kappa shape index (κ2) is 10.1. The van der Waals surface area contributed by atoms with Gasteiger partial charge in [-0.25, -0.2) is 15.0 Å². The van der Waals surface area contributed by atoms with Gasteiger partial charge in [-0.05, 0) is 32.1 Å². The molecule has 0 saturated carbocycles.